The van der Waals surface area contributed by atoms with Crippen LogP contribution < -0.4 is 15.4 Å². The first kappa shape index (κ1) is 22.0. The third-order valence-electron chi connectivity index (χ3n) is 5.11. The molecule has 2 amide bonds. The fourth-order valence-corrected chi connectivity index (χ4v) is 3.32. The van der Waals surface area contributed by atoms with Crippen LogP contribution in [0.3, 0.4) is 0 Å². The van der Waals surface area contributed by atoms with Crippen LogP contribution in [0.15, 0.2) is 73.3 Å². The number of nitrogens with zero attached hydrogens (tertiary/aromatic N) is 3. The van der Waals surface area contributed by atoms with Gasteiger partial charge in [0.1, 0.15) is 18.0 Å². The average molecular weight is 444 g/mol. The Labute approximate surface area is 191 Å². The number of carbonyl (C=O) groups excluding carboxylic acids is 2. The van der Waals surface area contributed by atoms with E-state index < -0.39 is 0 Å². The molecule has 1 aromatic carbocycles. The first-order valence-corrected chi connectivity index (χ1v) is 10.7. The van der Waals surface area contributed by atoms with E-state index in [9.17, 15) is 9.59 Å². The van der Waals surface area contributed by atoms with Gasteiger partial charge in [-0.3, -0.25) is 14.6 Å². The molecule has 3 heterocycles. The van der Waals surface area contributed by atoms with Crippen molar-refractivity contribution in [1.29, 1.82) is 0 Å². The SMILES string of the molecule is Cc1cccn2cc(COc3ccc(C(=O)NCCC(=O)NCc4ccncc4)cc3)nc12. The topological polar surface area (TPSA) is 97.6 Å². The normalized spacial score (nSPS) is 10.7. The first-order chi connectivity index (χ1) is 16.1. The lowest BCUT2D eigenvalue weighted by atomic mass is 10.2. The smallest absolute Gasteiger partial charge is 0.251 e. The molecule has 0 saturated heterocycles. The van der Waals surface area contributed by atoms with Crippen molar-refractivity contribution >= 4 is 17.5 Å². The van der Waals surface area contributed by atoms with Crippen LogP contribution in [0.2, 0.25) is 0 Å². The molecule has 8 nitrogen and oxygen atoms in total. The molecule has 0 saturated carbocycles. The summed E-state index contributed by atoms with van der Waals surface area (Å²) >= 11 is 0. The number of hydrogen-bond donors (Lipinski definition) is 2. The Morgan fingerprint density at radius 2 is 1.82 bits per heavy atom. The van der Waals surface area contributed by atoms with Gasteiger partial charge in [-0.15, -0.1) is 0 Å². The van der Waals surface area contributed by atoms with E-state index in [-0.39, 0.29) is 24.8 Å². The van der Waals surface area contributed by atoms with E-state index in [0.717, 1.165) is 22.5 Å². The van der Waals surface area contributed by atoms with Crippen LogP contribution in [-0.4, -0.2) is 32.7 Å². The van der Waals surface area contributed by atoms with E-state index >= 15 is 0 Å². The van der Waals surface area contributed by atoms with Crippen molar-refractivity contribution in [2.24, 2.45) is 0 Å². The highest BCUT2D eigenvalue weighted by molar-refractivity contribution is 5.94. The van der Waals surface area contributed by atoms with Crippen molar-refractivity contribution in [3.8, 4) is 5.75 Å². The molecule has 3 aromatic heterocycles. The van der Waals surface area contributed by atoms with Crippen LogP contribution in [0.5, 0.6) is 5.75 Å². The number of rotatable bonds is 9. The molecule has 0 fully saturated rings. The summed E-state index contributed by atoms with van der Waals surface area (Å²) in [5.41, 5.74) is 4.32. The van der Waals surface area contributed by atoms with Gasteiger partial charge in [-0.2, -0.15) is 0 Å². The summed E-state index contributed by atoms with van der Waals surface area (Å²) in [4.78, 5) is 32.8. The second kappa shape index (κ2) is 10.4. The maximum absolute atomic E-state index is 12.3. The minimum Gasteiger partial charge on any atom is -0.487 e. The van der Waals surface area contributed by atoms with Crippen molar-refractivity contribution in [2.75, 3.05) is 6.54 Å². The Morgan fingerprint density at radius 1 is 1.03 bits per heavy atom. The number of hydrogen-bond acceptors (Lipinski definition) is 5. The second-order valence-corrected chi connectivity index (χ2v) is 7.61. The lowest BCUT2D eigenvalue weighted by molar-refractivity contribution is -0.121. The Bertz CT molecular complexity index is 1240. The summed E-state index contributed by atoms with van der Waals surface area (Å²) in [6, 6.07) is 14.6. The molecular weight excluding hydrogens is 418 g/mol. The van der Waals surface area contributed by atoms with Crippen LogP contribution >= 0.6 is 0 Å². The number of imidazole rings is 1. The number of benzene rings is 1. The fraction of sp³-hybridized carbons (Fsp3) is 0.200. The summed E-state index contributed by atoms with van der Waals surface area (Å²) < 4.78 is 7.78. The van der Waals surface area contributed by atoms with Gasteiger partial charge in [0.15, 0.2) is 0 Å². The second-order valence-electron chi connectivity index (χ2n) is 7.61. The minimum absolute atomic E-state index is 0.127. The number of fused-ring (bicyclic) bond motifs is 1. The molecule has 4 aromatic rings. The van der Waals surface area contributed by atoms with Crippen LogP contribution in [-0.2, 0) is 17.9 Å². The number of aryl methyl sites for hydroxylation is 1. The van der Waals surface area contributed by atoms with Crippen LogP contribution in [0.4, 0.5) is 0 Å². The van der Waals surface area contributed by atoms with Crippen molar-refractivity contribution < 1.29 is 14.3 Å². The van der Waals surface area contributed by atoms with E-state index in [4.69, 9.17) is 4.74 Å². The predicted molar refractivity (Wildman–Crippen MR) is 124 cm³/mol. The quantitative estimate of drug-likeness (QED) is 0.414. The van der Waals surface area contributed by atoms with Gasteiger partial charge in [-0.1, -0.05) is 6.07 Å². The van der Waals surface area contributed by atoms with Gasteiger partial charge in [0.05, 0.1) is 5.69 Å². The van der Waals surface area contributed by atoms with Crippen molar-refractivity contribution in [3.63, 3.8) is 0 Å². The lowest BCUT2D eigenvalue weighted by Crippen LogP contribution is -2.30. The number of amides is 2. The van der Waals surface area contributed by atoms with Gasteiger partial charge < -0.3 is 19.8 Å². The molecule has 2 N–H and O–H groups in total. The largest absolute Gasteiger partial charge is 0.487 e. The highest BCUT2D eigenvalue weighted by atomic mass is 16.5. The van der Waals surface area contributed by atoms with Crippen LogP contribution in [0, 0.1) is 6.92 Å². The molecule has 0 unspecified atom stereocenters. The fourth-order valence-electron chi connectivity index (χ4n) is 3.32. The zero-order valence-corrected chi connectivity index (χ0v) is 18.3. The Morgan fingerprint density at radius 3 is 2.58 bits per heavy atom. The molecular formula is C25H25N5O3. The standard InChI is InChI=1S/C25H25N5O3/c1-18-3-2-14-30-16-21(29-24(18)30)17-33-22-6-4-20(5-7-22)25(32)27-13-10-23(31)28-15-19-8-11-26-12-9-19/h2-9,11-12,14,16H,10,13,15,17H2,1H3,(H,27,32)(H,28,31). The Hall–Kier alpha value is -4.20. The van der Waals surface area contributed by atoms with Gasteiger partial charge in [-0.25, -0.2) is 4.98 Å². The van der Waals surface area contributed by atoms with Crippen molar-refractivity contribution in [2.45, 2.75) is 26.5 Å². The van der Waals surface area contributed by atoms with E-state index in [1.54, 1.807) is 36.7 Å². The predicted octanol–water partition coefficient (Wildman–Crippen LogP) is 3.05. The maximum atomic E-state index is 12.3. The molecule has 8 heteroatoms. The molecule has 168 valence electrons. The van der Waals surface area contributed by atoms with E-state index in [0.29, 0.717) is 24.5 Å². The third-order valence-corrected chi connectivity index (χ3v) is 5.11. The minimum atomic E-state index is -0.237. The monoisotopic (exact) mass is 443 g/mol. The number of pyridine rings is 2. The van der Waals surface area contributed by atoms with Crippen molar-refractivity contribution in [3.05, 3.63) is 95.7 Å². The van der Waals surface area contributed by atoms with E-state index in [1.165, 1.54) is 0 Å². The van der Waals surface area contributed by atoms with Gasteiger partial charge in [0, 0.05) is 49.9 Å². The zero-order valence-electron chi connectivity index (χ0n) is 18.3. The molecule has 33 heavy (non-hydrogen) atoms. The summed E-state index contributed by atoms with van der Waals surface area (Å²) in [5.74, 6) is 0.285. The Balaban J connectivity index is 1.20. The third kappa shape index (κ3) is 5.94. The molecule has 0 bridgehead atoms. The Kier molecular flexibility index (Phi) is 6.94. The van der Waals surface area contributed by atoms with Gasteiger partial charge in [-0.05, 0) is 60.5 Å². The van der Waals surface area contributed by atoms with Gasteiger partial charge >= 0.3 is 0 Å². The van der Waals surface area contributed by atoms with E-state index in [1.807, 2.05) is 48.0 Å². The van der Waals surface area contributed by atoms with Gasteiger partial charge in [0.2, 0.25) is 5.91 Å². The molecule has 0 radical (unpaired) electrons. The zero-order chi connectivity index (χ0) is 23.0. The van der Waals surface area contributed by atoms with E-state index in [2.05, 4.69) is 20.6 Å². The summed E-state index contributed by atoms with van der Waals surface area (Å²) in [6.45, 7) is 3.05. The number of ether oxygens (including phenoxy) is 1. The molecule has 0 spiro atoms. The summed E-state index contributed by atoms with van der Waals surface area (Å²) in [5, 5.41) is 5.58. The number of carbonyl (C=O) groups is 2. The van der Waals surface area contributed by atoms with Crippen LogP contribution in [0.25, 0.3) is 5.65 Å². The number of nitrogens with one attached hydrogen (secondary N) is 2. The molecule has 0 atom stereocenters. The lowest BCUT2D eigenvalue weighted by Gasteiger charge is -2.08. The molecule has 0 aliphatic heterocycles. The highest BCUT2D eigenvalue weighted by Gasteiger charge is 2.08. The maximum Gasteiger partial charge on any atom is 0.251 e. The molecule has 4 rings (SSSR count). The van der Waals surface area contributed by atoms with Gasteiger partial charge in [0.25, 0.3) is 5.91 Å². The first-order valence-electron chi connectivity index (χ1n) is 10.7. The molecule has 0 aliphatic rings. The molecule has 0 aliphatic carbocycles. The van der Waals surface area contributed by atoms with Crippen molar-refractivity contribution in [1.82, 2.24) is 25.0 Å². The average Bonchev–Trinajstić information content (AvgIpc) is 3.27. The summed E-state index contributed by atoms with van der Waals surface area (Å²) in [7, 11) is 0. The summed E-state index contributed by atoms with van der Waals surface area (Å²) in [6.07, 6.45) is 7.46. The number of aromatic nitrogens is 3. The highest BCUT2D eigenvalue weighted by Crippen LogP contribution is 2.15. The van der Waals surface area contributed by atoms with Crippen LogP contribution in [0.1, 0.15) is 33.6 Å².